The summed E-state index contributed by atoms with van der Waals surface area (Å²) in [4.78, 5) is 32.7. The predicted molar refractivity (Wildman–Crippen MR) is 62.3 cm³/mol. The van der Waals surface area contributed by atoms with Gasteiger partial charge in [-0.05, 0) is 6.08 Å². The third kappa shape index (κ3) is 8.15. The fraction of sp³-hybridized carbons (Fsp3) is 0.545. The first-order chi connectivity index (χ1) is 7.76. The Hall–Kier alpha value is -1.69. The molecule has 6 heteroatoms. The number of hydrogen-bond donors (Lipinski definition) is 2. The van der Waals surface area contributed by atoms with Crippen molar-refractivity contribution in [2.24, 2.45) is 0 Å². The Labute approximate surface area is 100 Å². The fourth-order valence-electron chi connectivity index (χ4n) is 1.22. The van der Waals surface area contributed by atoms with Crippen molar-refractivity contribution in [2.75, 3.05) is 33.7 Å². The second-order valence-electron chi connectivity index (χ2n) is 4.42. The van der Waals surface area contributed by atoms with E-state index in [-0.39, 0.29) is 29.8 Å². The molecule has 0 aliphatic rings. The maximum absolute atomic E-state index is 11.4. The number of Topliss-reactive ketones (excluding diaryl/α,β-unsaturated/α-hetero) is 1. The van der Waals surface area contributed by atoms with Crippen molar-refractivity contribution in [3.05, 3.63) is 12.7 Å². The SMILES string of the molecule is C=CC(=O)NCC(=O)CC[N+](C)(C)CC(=O)O. The van der Waals surface area contributed by atoms with Gasteiger partial charge in [-0.15, -0.1) is 0 Å². The van der Waals surface area contributed by atoms with Crippen LogP contribution in [-0.4, -0.2) is 61.0 Å². The van der Waals surface area contributed by atoms with Gasteiger partial charge in [0.2, 0.25) is 5.91 Å². The Balaban J connectivity index is 3.94. The summed E-state index contributed by atoms with van der Waals surface area (Å²) >= 11 is 0. The third-order valence-corrected chi connectivity index (χ3v) is 2.20. The molecule has 17 heavy (non-hydrogen) atoms. The summed E-state index contributed by atoms with van der Waals surface area (Å²) in [5, 5.41) is 11.0. The van der Waals surface area contributed by atoms with Crippen molar-refractivity contribution in [2.45, 2.75) is 6.42 Å². The Kier molecular flexibility index (Phi) is 6.12. The molecule has 0 unspecified atom stereocenters. The number of carboxylic acid groups (broad SMARTS) is 1. The topological polar surface area (TPSA) is 83.5 Å². The van der Waals surface area contributed by atoms with E-state index in [1.54, 1.807) is 14.1 Å². The van der Waals surface area contributed by atoms with Gasteiger partial charge >= 0.3 is 5.97 Å². The van der Waals surface area contributed by atoms with Gasteiger partial charge in [0.25, 0.3) is 0 Å². The molecule has 1 amide bonds. The Bertz CT molecular complexity index is 323. The number of aliphatic carboxylic acids is 1. The number of amides is 1. The van der Waals surface area contributed by atoms with Crippen LogP contribution in [0.1, 0.15) is 6.42 Å². The number of carbonyl (C=O) groups is 3. The average molecular weight is 243 g/mol. The Morgan fingerprint density at radius 1 is 1.35 bits per heavy atom. The van der Waals surface area contributed by atoms with E-state index >= 15 is 0 Å². The molecule has 6 nitrogen and oxygen atoms in total. The summed E-state index contributed by atoms with van der Waals surface area (Å²) in [6, 6.07) is 0. The molecule has 0 saturated carbocycles. The number of ketones is 1. The summed E-state index contributed by atoms with van der Waals surface area (Å²) in [5.41, 5.74) is 0. The van der Waals surface area contributed by atoms with Crippen molar-refractivity contribution in [1.82, 2.24) is 5.32 Å². The van der Waals surface area contributed by atoms with Crippen molar-refractivity contribution in [1.29, 1.82) is 0 Å². The normalized spacial score (nSPS) is 10.7. The van der Waals surface area contributed by atoms with Crippen LogP contribution >= 0.6 is 0 Å². The molecule has 0 heterocycles. The Morgan fingerprint density at radius 3 is 2.41 bits per heavy atom. The molecule has 0 atom stereocenters. The zero-order chi connectivity index (χ0) is 13.5. The highest BCUT2D eigenvalue weighted by Gasteiger charge is 2.20. The number of hydrogen-bond acceptors (Lipinski definition) is 3. The molecule has 0 fully saturated rings. The summed E-state index contributed by atoms with van der Waals surface area (Å²) in [5.74, 6) is -1.42. The van der Waals surface area contributed by atoms with Crippen LogP contribution in [0.5, 0.6) is 0 Å². The maximum Gasteiger partial charge on any atom is 0.359 e. The fourth-order valence-corrected chi connectivity index (χ4v) is 1.22. The standard InChI is InChI=1S/C11H18N2O4/c1-4-10(15)12-7-9(14)5-6-13(2,3)8-11(16)17/h4H,1,5-8H2,2-3H3,(H-,12,15,16,17)/p+1. The maximum atomic E-state index is 11.4. The first-order valence-electron chi connectivity index (χ1n) is 5.22. The van der Waals surface area contributed by atoms with E-state index in [2.05, 4.69) is 11.9 Å². The van der Waals surface area contributed by atoms with Crippen LogP contribution in [-0.2, 0) is 14.4 Å². The van der Waals surface area contributed by atoms with Gasteiger partial charge in [0, 0.05) is 0 Å². The van der Waals surface area contributed by atoms with Gasteiger partial charge in [-0.2, -0.15) is 0 Å². The van der Waals surface area contributed by atoms with Crippen molar-refractivity contribution in [3.8, 4) is 0 Å². The predicted octanol–water partition coefficient (Wildman–Crippen LogP) is -0.591. The molecule has 0 radical (unpaired) electrons. The molecule has 0 spiro atoms. The highest BCUT2D eigenvalue weighted by atomic mass is 16.4. The molecule has 96 valence electrons. The number of carboxylic acids is 1. The number of rotatable bonds is 8. The minimum atomic E-state index is -0.901. The number of likely N-dealkylation sites (N-methyl/N-ethyl adjacent to an activating group) is 1. The van der Waals surface area contributed by atoms with E-state index in [0.717, 1.165) is 6.08 Å². The van der Waals surface area contributed by atoms with Gasteiger partial charge in [0.15, 0.2) is 12.3 Å². The molecule has 0 rings (SSSR count). The van der Waals surface area contributed by atoms with E-state index in [9.17, 15) is 14.4 Å². The highest BCUT2D eigenvalue weighted by Crippen LogP contribution is 1.99. The van der Waals surface area contributed by atoms with Gasteiger partial charge in [0.05, 0.1) is 33.6 Å². The van der Waals surface area contributed by atoms with E-state index in [0.29, 0.717) is 6.54 Å². The highest BCUT2D eigenvalue weighted by molar-refractivity contribution is 5.91. The summed E-state index contributed by atoms with van der Waals surface area (Å²) in [6.45, 7) is 3.61. The molecule has 0 bridgehead atoms. The second kappa shape index (κ2) is 6.80. The van der Waals surface area contributed by atoms with E-state index in [1.165, 1.54) is 0 Å². The monoisotopic (exact) mass is 243 g/mol. The van der Waals surface area contributed by atoms with Crippen LogP contribution in [0.4, 0.5) is 0 Å². The number of nitrogens with one attached hydrogen (secondary N) is 1. The summed E-state index contributed by atoms with van der Waals surface area (Å²) < 4.78 is 0.233. The average Bonchev–Trinajstić information content (AvgIpc) is 2.21. The van der Waals surface area contributed by atoms with Crippen LogP contribution in [0.2, 0.25) is 0 Å². The minimum Gasteiger partial charge on any atom is -0.477 e. The molecule has 0 aliphatic carbocycles. The second-order valence-corrected chi connectivity index (χ2v) is 4.42. The lowest BCUT2D eigenvalue weighted by atomic mass is 10.2. The van der Waals surface area contributed by atoms with Gasteiger partial charge < -0.3 is 14.9 Å². The first kappa shape index (κ1) is 15.3. The minimum absolute atomic E-state index is 0.0354. The Morgan fingerprint density at radius 2 is 1.94 bits per heavy atom. The third-order valence-electron chi connectivity index (χ3n) is 2.20. The van der Waals surface area contributed by atoms with Crippen molar-refractivity contribution in [3.63, 3.8) is 0 Å². The van der Waals surface area contributed by atoms with Crippen LogP contribution in [0.15, 0.2) is 12.7 Å². The van der Waals surface area contributed by atoms with Crippen LogP contribution in [0, 0.1) is 0 Å². The molecule has 0 saturated heterocycles. The van der Waals surface area contributed by atoms with Crippen LogP contribution < -0.4 is 5.32 Å². The number of carbonyl (C=O) groups excluding carboxylic acids is 2. The molecule has 0 aliphatic heterocycles. The van der Waals surface area contributed by atoms with Gasteiger partial charge in [-0.1, -0.05) is 6.58 Å². The lowest BCUT2D eigenvalue weighted by Gasteiger charge is -2.27. The lowest BCUT2D eigenvalue weighted by molar-refractivity contribution is -0.882. The lowest BCUT2D eigenvalue weighted by Crippen LogP contribution is -2.45. The smallest absolute Gasteiger partial charge is 0.359 e. The molecule has 0 aromatic heterocycles. The summed E-state index contributed by atoms with van der Waals surface area (Å²) in [6.07, 6.45) is 1.33. The molecular weight excluding hydrogens is 224 g/mol. The zero-order valence-electron chi connectivity index (χ0n) is 10.2. The van der Waals surface area contributed by atoms with Gasteiger partial charge in [0.1, 0.15) is 0 Å². The quantitative estimate of drug-likeness (QED) is 0.441. The first-order valence-corrected chi connectivity index (χ1v) is 5.22. The van der Waals surface area contributed by atoms with Crippen LogP contribution in [0.3, 0.4) is 0 Å². The van der Waals surface area contributed by atoms with E-state index in [4.69, 9.17) is 5.11 Å². The van der Waals surface area contributed by atoms with Crippen molar-refractivity contribution < 1.29 is 24.0 Å². The van der Waals surface area contributed by atoms with Gasteiger partial charge in [-0.25, -0.2) is 4.79 Å². The number of nitrogens with zero attached hydrogens (tertiary/aromatic N) is 1. The molecular formula is C11H19N2O4+. The van der Waals surface area contributed by atoms with Crippen molar-refractivity contribution >= 4 is 17.7 Å². The molecule has 0 aromatic rings. The van der Waals surface area contributed by atoms with E-state index in [1.807, 2.05) is 0 Å². The van der Waals surface area contributed by atoms with Crippen LogP contribution in [0.25, 0.3) is 0 Å². The largest absolute Gasteiger partial charge is 0.477 e. The van der Waals surface area contributed by atoms with Gasteiger partial charge in [-0.3, -0.25) is 9.59 Å². The molecule has 2 N–H and O–H groups in total. The van der Waals surface area contributed by atoms with E-state index < -0.39 is 11.9 Å². The molecule has 0 aromatic carbocycles. The number of quaternary nitrogens is 1. The summed E-state index contributed by atoms with van der Waals surface area (Å²) in [7, 11) is 3.48. The zero-order valence-corrected chi connectivity index (χ0v) is 10.2.